The number of hydrogen-bond donors (Lipinski definition) is 3. The van der Waals surface area contributed by atoms with Crippen molar-refractivity contribution in [2.75, 3.05) is 0 Å². The molecule has 2 amide bonds. The predicted molar refractivity (Wildman–Crippen MR) is 73.9 cm³/mol. The van der Waals surface area contributed by atoms with E-state index < -0.39 is 11.9 Å². The molecule has 1 aliphatic rings. The van der Waals surface area contributed by atoms with Crippen LogP contribution in [0.2, 0.25) is 0 Å². The molecule has 0 aromatic carbocycles. The first-order valence-electron chi connectivity index (χ1n) is 7.01. The van der Waals surface area contributed by atoms with E-state index >= 15 is 0 Å². The van der Waals surface area contributed by atoms with E-state index in [1.54, 1.807) is 12.2 Å². The largest absolute Gasteiger partial charge is 0.481 e. The zero-order chi connectivity index (χ0) is 14.3. The van der Waals surface area contributed by atoms with Gasteiger partial charge in [-0.3, -0.25) is 4.79 Å². The molecule has 3 atom stereocenters. The highest BCUT2D eigenvalue weighted by Gasteiger charge is 2.25. The van der Waals surface area contributed by atoms with Gasteiger partial charge in [-0.25, -0.2) is 4.79 Å². The Morgan fingerprint density at radius 2 is 2.11 bits per heavy atom. The molecule has 0 heterocycles. The fraction of sp³-hybridized carbons (Fsp3) is 0.714. The lowest BCUT2D eigenvalue weighted by molar-refractivity contribution is -0.140. The normalized spacial score (nSPS) is 23.1. The van der Waals surface area contributed by atoms with Crippen molar-refractivity contribution in [1.29, 1.82) is 0 Å². The highest BCUT2D eigenvalue weighted by atomic mass is 16.4. The van der Waals surface area contributed by atoms with Gasteiger partial charge in [-0.05, 0) is 19.8 Å². The molecule has 1 rings (SSSR count). The molecule has 3 N–H and O–H groups in total. The van der Waals surface area contributed by atoms with Crippen molar-refractivity contribution in [2.45, 2.75) is 58.0 Å². The van der Waals surface area contributed by atoms with Crippen LogP contribution in [0.4, 0.5) is 4.79 Å². The Bertz CT molecular complexity index is 342. The van der Waals surface area contributed by atoms with Gasteiger partial charge in [-0.15, -0.1) is 0 Å². The van der Waals surface area contributed by atoms with E-state index in [9.17, 15) is 9.59 Å². The standard InChI is InChI=1S/C14H24N2O3/c1-3-4-5-6-10(2)15-14(19)16-12-8-7-11(9-12)13(17)18/h7-8,10-12H,3-6,9H2,1-2H3,(H,17,18)(H2,15,16,19). The fourth-order valence-corrected chi connectivity index (χ4v) is 2.20. The maximum Gasteiger partial charge on any atom is 0.315 e. The molecule has 0 radical (unpaired) electrons. The molecule has 19 heavy (non-hydrogen) atoms. The number of carboxylic acid groups (broad SMARTS) is 1. The van der Waals surface area contributed by atoms with Crippen LogP contribution in [0, 0.1) is 5.92 Å². The van der Waals surface area contributed by atoms with E-state index in [0.29, 0.717) is 6.42 Å². The van der Waals surface area contributed by atoms with Crippen molar-refractivity contribution < 1.29 is 14.7 Å². The van der Waals surface area contributed by atoms with Crippen LogP contribution in [-0.2, 0) is 4.79 Å². The number of nitrogens with one attached hydrogen (secondary N) is 2. The molecule has 0 saturated heterocycles. The predicted octanol–water partition coefficient (Wildman–Crippen LogP) is 2.28. The van der Waals surface area contributed by atoms with Gasteiger partial charge in [-0.2, -0.15) is 0 Å². The van der Waals surface area contributed by atoms with Crippen molar-refractivity contribution >= 4 is 12.0 Å². The molecular weight excluding hydrogens is 244 g/mol. The molecule has 0 aromatic heterocycles. The van der Waals surface area contributed by atoms with Crippen molar-refractivity contribution in [1.82, 2.24) is 10.6 Å². The van der Waals surface area contributed by atoms with Gasteiger partial charge < -0.3 is 15.7 Å². The number of aliphatic carboxylic acids is 1. The van der Waals surface area contributed by atoms with Crippen LogP contribution >= 0.6 is 0 Å². The second kappa shape index (κ2) is 7.81. The summed E-state index contributed by atoms with van der Waals surface area (Å²) in [6.45, 7) is 4.13. The topological polar surface area (TPSA) is 78.4 Å². The van der Waals surface area contributed by atoms with Crippen LogP contribution in [0.25, 0.3) is 0 Å². The summed E-state index contributed by atoms with van der Waals surface area (Å²) < 4.78 is 0. The number of rotatable bonds is 7. The number of urea groups is 1. The molecule has 5 heteroatoms. The summed E-state index contributed by atoms with van der Waals surface area (Å²) in [6.07, 6.45) is 8.26. The summed E-state index contributed by atoms with van der Waals surface area (Å²) in [5, 5.41) is 14.5. The first-order valence-corrected chi connectivity index (χ1v) is 7.01. The fourth-order valence-electron chi connectivity index (χ4n) is 2.20. The number of carbonyl (C=O) groups is 2. The highest BCUT2D eigenvalue weighted by molar-refractivity contribution is 5.76. The number of amides is 2. The van der Waals surface area contributed by atoms with Crippen LogP contribution in [0.5, 0.6) is 0 Å². The van der Waals surface area contributed by atoms with E-state index in [2.05, 4.69) is 17.6 Å². The van der Waals surface area contributed by atoms with Gasteiger partial charge in [0.1, 0.15) is 0 Å². The third-order valence-corrected chi connectivity index (χ3v) is 3.34. The Kier molecular flexibility index (Phi) is 6.39. The van der Waals surface area contributed by atoms with Gasteiger partial charge in [0.15, 0.2) is 0 Å². The molecule has 0 spiro atoms. The number of unbranched alkanes of at least 4 members (excludes halogenated alkanes) is 2. The molecule has 108 valence electrons. The number of hydrogen-bond acceptors (Lipinski definition) is 2. The summed E-state index contributed by atoms with van der Waals surface area (Å²) in [7, 11) is 0. The lowest BCUT2D eigenvalue weighted by atomic mass is 10.1. The Balaban J connectivity index is 2.21. The Morgan fingerprint density at radius 1 is 1.37 bits per heavy atom. The minimum atomic E-state index is -0.839. The molecule has 0 aromatic rings. The quantitative estimate of drug-likeness (QED) is 0.489. The second-order valence-electron chi connectivity index (χ2n) is 5.19. The third-order valence-electron chi connectivity index (χ3n) is 3.34. The SMILES string of the molecule is CCCCCC(C)NC(=O)NC1C=CC(C(=O)O)C1. The second-order valence-corrected chi connectivity index (χ2v) is 5.19. The smallest absolute Gasteiger partial charge is 0.315 e. The lowest BCUT2D eigenvalue weighted by Crippen LogP contribution is -2.44. The molecular formula is C14H24N2O3. The average molecular weight is 268 g/mol. The Labute approximate surface area is 114 Å². The zero-order valence-electron chi connectivity index (χ0n) is 11.7. The van der Waals surface area contributed by atoms with Crippen LogP contribution in [0.1, 0.15) is 46.0 Å². The minimum Gasteiger partial charge on any atom is -0.481 e. The molecule has 0 saturated carbocycles. The number of carbonyl (C=O) groups excluding carboxylic acids is 1. The first kappa shape index (κ1) is 15.5. The van der Waals surface area contributed by atoms with Gasteiger partial charge in [0.25, 0.3) is 0 Å². The number of carboxylic acids is 1. The Morgan fingerprint density at radius 3 is 2.68 bits per heavy atom. The Hall–Kier alpha value is -1.52. The maximum atomic E-state index is 11.7. The van der Waals surface area contributed by atoms with Crippen molar-refractivity contribution in [3.8, 4) is 0 Å². The van der Waals surface area contributed by atoms with Crippen LogP contribution < -0.4 is 10.6 Å². The third kappa shape index (κ3) is 5.77. The summed E-state index contributed by atoms with van der Waals surface area (Å²) in [4.78, 5) is 22.5. The van der Waals surface area contributed by atoms with Crippen molar-refractivity contribution in [3.63, 3.8) is 0 Å². The summed E-state index contributed by atoms with van der Waals surface area (Å²) in [5.74, 6) is -1.32. The zero-order valence-corrected chi connectivity index (χ0v) is 11.7. The summed E-state index contributed by atoms with van der Waals surface area (Å²) >= 11 is 0. The van der Waals surface area contributed by atoms with E-state index in [4.69, 9.17) is 5.11 Å². The van der Waals surface area contributed by atoms with Crippen LogP contribution in [-0.4, -0.2) is 29.2 Å². The van der Waals surface area contributed by atoms with E-state index in [1.165, 1.54) is 12.8 Å². The van der Waals surface area contributed by atoms with Crippen molar-refractivity contribution in [3.05, 3.63) is 12.2 Å². The maximum absolute atomic E-state index is 11.7. The van der Waals surface area contributed by atoms with Gasteiger partial charge in [0, 0.05) is 6.04 Å². The average Bonchev–Trinajstić information content (AvgIpc) is 2.77. The van der Waals surface area contributed by atoms with E-state index in [1.807, 2.05) is 6.92 Å². The van der Waals surface area contributed by atoms with Crippen LogP contribution in [0.15, 0.2) is 12.2 Å². The van der Waals surface area contributed by atoms with Gasteiger partial charge in [0.05, 0.1) is 12.0 Å². The molecule has 1 aliphatic carbocycles. The van der Waals surface area contributed by atoms with Gasteiger partial charge in [0.2, 0.25) is 0 Å². The summed E-state index contributed by atoms with van der Waals surface area (Å²) in [6, 6.07) is -0.249. The highest BCUT2D eigenvalue weighted by Crippen LogP contribution is 2.17. The summed E-state index contributed by atoms with van der Waals surface area (Å²) in [5.41, 5.74) is 0. The van der Waals surface area contributed by atoms with Gasteiger partial charge in [-0.1, -0.05) is 38.3 Å². The molecule has 0 fully saturated rings. The van der Waals surface area contributed by atoms with E-state index in [-0.39, 0.29) is 18.1 Å². The first-order chi connectivity index (χ1) is 9.02. The molecule has 0 bridgehead atoms. The molecule has 5 nitrogen and oxygen atoms in total. The van der Waals surface area contributed by atoms with E-state index in [0.717, 1.165) is 12.8 Å². The minimum absolute atomic E-state index is 0.146. The lowest BCUT2D eigenvalue weighted by Gasteiger charge is -2.17. The molecule has 0 aliphatic heterocycles. The monoisotopic (exact) mass is 268 g/mol. The van der Waals surface area contributed by atoms with Crippen LogP contribution in [0.3, 0.4) is 0 Å². The van der Waals surface area contributed by atoms with Gasteiger partial charge >= 0.3 is 12.0 Å². The molecule has 3 unspecified atom stereocenters. The van der Waals surface area contributed by atoms with Crippen molar-refractivity contribution in [2.24, 2.45) is 5.92 Å².